The lowest BCUT2D eigenvalue weighted by Crippen LogP contribution is -2.33. The largest absolute Gasteiger partial charge is 0.497 e. The summed E-state index contributed by atoms with van der Waals surface area (Å²) in [5.41, 5.74) is 11.9. The lowest BCUT2D eigenvalue weighted by molar-refractivity contribution is 0.415. The van der Waals surface area contributed by atoms with Crippen LogP contribution in [0, 0.1) is 0 Å². The number of hydrogen-bond acceptors (Lipinski definition) is 12. The number of rotatable bonds is 19. The maximum absolute atomic E-state index is 5.50. The van der Waals surface area contributed by atoms with Gasteiger partial charge in [0.25, 0.3) is 0 Å². The van der Waals surface area contributed by atoms with Gasteiger partial charge in [0.1, 0.15) is 23.0 Å². The highest BCUT2D eigenvalue weighted by atomic mass is 16.5. The zero-order valence-corrected chi connectivity index (χ0v) is 41.6. The van der Waals surface area contributed by atoms with Crippen LogP contribution in [0.1, 0.15) is 22.8 Å². The van der Waals surface area contributed by atoms with Gasteiger partial charge in [-0.2, -0.15) is 0 Å². The molecule has 0 fully saturated rings. The predicted octanol–water partition coefficient (Wildman–Crippen LogP) is 11.9. The molecule has 0 saturated carbocycles. The maximum Gasteiger partial charge on any atom is 0.119 e. The van der Waals surface area contributed by atoms with Gasteiger partial charge in [0.2, 0.25) is 0 Å². The normalized spacial score (nSPS) is 11.2. The minimum absolute atomic E-state index is 0.568. The Hall–Kier alpha value is -8.64. The molecule has 4 aromatic heterocycles. The molecule has 10 rings (SSSR count). The lowest BCUT2D eigenvalue weighted by Gasteiger charge is -2.33. The van der Waals surface area contributed by atoms with Gasteiger partial charge >= 0.3 is 0 Å². The number of aromatic nitrogens is 4. The molecule has 12 heteroatoms. The molecule has 6 aromatic carbocycles. The summed E-state index contributed by atoms with van der Waals surface area (Å²) in [5.74, 6) is 3.23. The first-order chi connectivity index (χ1) is 35.2. The van der Waals surface area contributed by atoms with Crippen molar-refractivity contribution in [1.29, 1.82) is 0 Å². The van der Waals surface area contributed by atoms with Gasteiger partial charge in [-0.15, -0.1) is 0 Å². The number of fused-ring (bicyclic) bond motifs is 4. The van der Waals surface area contributed by atoms with E-state index in [-0.39, 0.29) is 0 Å². The number of ether oxygens (including phenoxy) is 4. The summed E-state index contributed by atoms with van der Waals surface area (Å²) in [6, 6.07) is 58.2. The van der Waals surface area contributed by atoms with Crippen LogP contribution in [0.4, 0.5) is 22.7 Å². The zero-order chi connectivity index (χ0) is 49.6. The Balaban J connectivity index is 0.935. The van der Waals surface area contributed by atoms with Gasteiger partial charge in [-0.25, -0.2) is 0 Å². The third-order valence-electron chi connectivity index (χ3n) is 13.3. The van der Waals surface area contributed by atoms with E-state index in [4.69, 9.17) is 38.9 Å². The average Bonchev–Trinajstić information content (AvgIpc) is 3.43. The Kier molecular flexibility index (Phi) is 13.8. The van der Waals surface area contributed by atoms with E-state index in [2.05, 4.69) is 131 Å². The van der Waals surface area contributed by atoms with Gasteiger partial charge in [-0.3, -0.25) is 19.9 Å². The molecule has 0 aliphatic carbocycles. The second-order valence-corrected chi connectivity index (χ2v) is 18.0. The van der Waals surface area contributed by atoms with Crippen LogP contribution in [0.2, 0.25) is 0 Å². The summed E-state index contributed by atoms with van der Waals surface area (Å²) in [7, 11) is 11.1. The van der Waals surface area contributed by atoms with Gasteiger partial charge in [0, 0.05) is 48.7 Å². The third-order valence-corrected chi connectivity index (χ3v) is 13.3. The van der Waals surface area contributed by atoms with Crippen LogP contribution in [-0.4, -0.2) is 75.6 Å². The van der Waals surface area contributed by atoms with E-state index in [1.54, 1.807) is 28.4 Å². The fourth-order valence-electron chi connectivity index (χ4n) is 9.33. The third kappa shape index (κ3) is 10.4. The van der Waals surface area contributed by atoms with Crippen LogP contribution < -0.4 is 38.5 Å². The van der Waals surface area contributed by atoms with Crippen LogP contribution in [0.5, 0.6) is 23.0 Å². The van der Waals surface area contributed by atoms with E-state index in [9.17, 15) is 0 Å². The Bertz CT molecular complexity index is 3120. The van der Waals surface area contributed by atoms with Crippen molar-refractivity contribution in [3.05, 3.63) is 193 Å². The highest BCUT2D eigenvalue weighted by Crippen LogP contribution is 2.35. The molecule has 0 aliphatic heterocycles. The van der Waals surface area contributed by atoms with Crippen molar-refractivity contribution in [3.63, 3.8) is 0 Å². The minimum Gasteiger partial charge on any atom is -0.497 e. The van der Waals surface area contributed by atoms with Crippen molar-refractivity contribution >= 4 is 66.4 Å². The van der Waals surface area contributed by atoms with Crippen LogP contribution >= 0.6 is 0 Å². The van der Waals surface area contributed by atoms with Gasteiger partial charge in [-0.05, 0) is 121 Å². The number of hydrogen-bond donors (Lipinski definition) is 0. The number of para-hydroxylation sites is 4. The molecule has 0 unspecified atom stereocenters. The number of anilines is 4. The first-order valence-electron chi connectivity index (χ1n) is 24.1. The second-order valence-electron chi connectivity index (χ2n) is 18.0. The summed E-state index contributed by atoms with van der Waals surface area (Å²) < 4.78 is 22.0. The van der Waals surface area contributed by atoms with Crippen LogP contribution in [-0.2, 0) is 26.2 Å². The standard InChI is InChI=1S/C60H58N8O4/c1-65(57-11-7-9-13-59(57)67(37-45-19-15-41-33-49(69-3)23-27-53(41)61-45)38-46-20-16-42-34-50(70-4)24-28-54(42)62-46)31-32-66(2)58-12-8-10-14-60(58)68(39-47-21-17-43-35-51(71-5)25-29-55(43)63-47)40-48-22-18-44-36-52(72-6)26-30-56(44)64-48/h7-30,33-36H,31-32,37-40H2,1-6H3. The molecule has 0 spiro atoms. The summed E-state index contributed by atoms with van der Waals surface area (Å²) >= 11 is 0. The number of methoxy groups -OCH3 is 4. The molecular formula is C60H58N8O4. The highest BCUT2D eigenvalue weighted by Gasteiger charge is 2.21. The van der Waals surface area contributed by atoms with Gasteiger partial charge in [0.15, 0.2) is 0 Å². The summed E-state index contributed by atoms with van der Waals surface area (Å²) in [6.45, 7) is 3.76. The molecule has 0 saturated heterocycles. The maximum atomic E-state index is 5.50. The molecule has 72 heavy (non-hydrogen) atoms. The smallest absolute Gasteiger partial charge is 0.119 e. The Morgan fingerprint density at radius 1 is 0.319 bits per heavy atom. The summed E-state index contributed by atoms with van der Waals surface area (Å²) in [4.78, 5) is 30.0. The van der Waals surface area contributed by atoms with Crippen molar-refractivity contribution in [3.8, 4) is 23.0 Å². The van der Waals surface area contributed by atoms with Gasteiger partial charge < -0.3 is 38.5 Å². The van der Waals surface area contributed by atoms with E-state index in [0.717, 1.165) is 125 Å². The number of benzene rings is 6. The molecule has 362 valence electrons. The second kappa shape index (κ2) is 21.2. The quantitative estimate of drug-likeness (QED) is 0.0771. The van der Waals surface area contributed by atoms with Gasteiger partial charge in [-0.1, -0.05) is 48.5 Å². The average molecular weight is 955 g/mol. The first-order valence-corrected chi connectivity index (χ1v) is 24.1. The molecule has 12 nitrogen and oxygen atoms in total. The van der Waals surface area contributed by atoms with Crippen LogP contribution in [0.25, 0.3) is 43.6 Å². The van der Waals surface area contributed by atoms with Crippen molar-refractivity contribution in [2.45, 2.75) is 26.2 Å². The zero-order valence-electron chi connectivity index (χ0n) is 41.6. The van der Waals surface area contributed by atoms with Gasteiger partial charge in [0.05, 0.1) is 122 Å². The molecular weight excluding hydrogens is 897 g/mol. The molecule has 0 atom stereocenters. The minimum atomic E-state index is 0.568. The summed E-state index contributed by atoms with van der Waals surface area (Å²) in [5, 5.41) is 4.12. The van der Waals surface area contributed by atoms with E-state index in [1.165, 1.54) is 0 Å². The predicted molar refractivity (Wildman–Crippen MR) is 292 cm³/mol. The Labute approximate surface area is 420 Å². The Morgan fingerprint density at radius 2 is 0.583 bits per heavy atom. The topological polar surface area (TPSA) is 101 Å². The molecule has 4 heterocycles. The fourth-order valence-corrected chi connectivity index (χ4v) is 9.33. The molecule has 0 bridgehead atoms. The van der Waals surface area contributed by atoms with Crippen LogP contribution in [0.15, 0.2) is 170 Å². The van der Waals surface area contributed by atoms with Crippen molar-refractivity contribution in [1.82, 2.24) is 19.9 Å². The van der Waals surface area contributed by atoms with Crippen LogP contribution in [0.3, 0.4) is 0 Å². The lowest BCUT2D eigenvalue weighted by atomic mass is 10.1. The number of nitrogens with zero attached hydrogens (tertiary/aromatic N) is 8. The number of likely N-dealkylation sites (N-methyl/N-ethyl adjacent to an activating group) is 2. The number of pyridine rings is 4. The van der Waals surface area contributed by atoms with E-state index in [1.807, 2.05) is 72.8 Å². The van der Waals surface area contributed by atoms with E-state index < -0.39 is 0 Å². The Morgan fingerprint density at radius 3 is 0.847 bits per heavy atom. The first kappa shape index (κ1) is 47.1. The van der Waals surface area contributed by atoms with E-state index >= 15 is 0 Å². The fraction of sp³-hybridized carbons (Fsp3) is 0.200. The van der Waals surface area contributed by atoms with Crippen molar-refractivity contribution < 1.29 is 18.9 Å². The van der Waals surface area contributed by atoms with Crippen molar-refractivity contribution in [2.75, 3.05) is 75.2 Å². The highest BCUT2D eigenvalue weighted by molar-refractivity contribution is 5.83. The molecule has 0 aliphatic rings. The SMILES string of the molecule is COc1ccc2nc(CN(Cc3ccc4cc(OC)ccc4n3)c3ccccc3N(C)CCN(C)c3ccccc3N(Cc3ccc4cc(OC)ccc4n3)Cc3ccc4cc(OC)ccc4n3)ccc2c1. The molecule has 0 radical (unpaired) electrons. The van der Waals surface area contributed by atoms with Crippen molar-refractivity contribution in [2.24, 2.45) is 0 Å². The summed E-state index contributed by atoms with van der Waals surface area (Å²) in [6.07, 6.45) is 0. The van der Waals surface area contributed by atoms with E-state index in [0.29, 0.717) is 26.2 Å². The molecule has 10 aromatic rings. The monoisotopic (exact) mass is 954 g/mol. The molecule has 0 amide bonds. The molecule has 0 N–H and O–H groups in total.